The third-order valence-corrected chi connectivity index (χ3v) is 4.98. The summed E-state index contributed by atoms with van der Waals surface area (Å²) in [6.07, 6.45) is 3.49. The van der Waals surface area contributed by atoms with Gasteiger partial charge in [0.15, 0.2) is 0 Å². The molecule has 0 aliphatic carbocycles. The third kappa shape index (κ3) is 3.88. The van der Waals surface area contributed by atoms with E-state index in [4.69, 9.17) is 0 Å². The molecule has 7 nitrogen and oxygen atoms in total. The van der Waals surface area contributed by atoms with Gasteiger partial charge in [-0.25, -0.2) is 15.0 Å². The van der Waals surface area contributed by atoms with Crippen LogP contribution in [0.3, 0.4) is 0 Å². The summed E-state index contributed by atoms with van der Waals surface area (Å²) in [4.78, 5) is 31.7. The van der Waals surface area contributed by atoms with Crippen LogP contribution in [0, 0.1) is 0 Å². The number of amides is 1. The topological polar surface area (TPSA) is 65.5 Å². The second-order valence-electron chi connectivity index (χ2n) is 5.93. The molecular weight excluding hydrogens is 324 g/mol. The van der Waals surface area contributed by atoms with Crippen molar-refractivity contribution in [2.45, 2.75) is 19.5 Å². The van der Waals surface area contributed by atoms with Crippen LogP contribution >= 0.6 is 11.3 Å². The van der Waals surface area contributed by atoms with Gasteiger partial charge < -0.3 is 9.80 Å². The van der Waals surface area contributed by atoms with Gasteiger partial charge in [0.05, 0.1) is 17.2 Å². The maximum absolute atomic E-state index is 12.7. The highest BCUT2D eigenvalue weighted by molar-refractivity contribution is 7.07. The summed E-state index contributed by atoms with van der Waals surface area (Å²) < 4.78 is 0. The number of hydrogen-bond donors (Lipinski definition) is 0. The summed E-state index contributed by atoms with van der Waals surface area (Å²) in [7, 11) is 1.97. The highest BCUT2D eigenvalue weighted by atomic mass is 32.1. The normalized spacial score (nSPS) is 16.5. The molecule has 3 heterocycles. The molecule has 0 bridgehead atoms. The number of thiazole rings is 1. The minimum Gasteiger partial charge on any atom is -0.338 e. The van der Waals surface area contributed by atoms with Gasteiger partial charge in [-0.1, -0.05) is 0 Å². The molecule has 1 fully saturated rings. The molecule has 0 radical (unpaired) electrons. The fraction of sp³-hybridized carbons (Fsp3) is 0.500. The first-order chi connectivity index (χ1) is 11.6. The Morgan fingerprint density at radius 2 is 1.96 bits per heavy atom. The Hall–Kier alpha value is -2.06. The number of anilines is 1. The van der Waals surface area contributed by atoms with Crippen LogP contribution in [0.1, 0.15) is 12.6 Å². The third-order valence-electron chi connectivity index (χ3n) is 4.34. The number of piperazine rings is 1. The first kappa shape index (κ1) is 16.8. The molecule has 24 heavy (non-hydrogen) atoms. The number of hydrogen-bond acceptors (Lipinski definition) is 7. The molecule has 2 aromatic rings. The second kappa shape index (κ2) is 7.67. The van der Waals surface area contributed by atoms with Crippen LogP contribution in [-0.2, 0) is 11.3 Å². The van der Waals surface area contributed by atoms with Crippen molar-refractivity contribution < 1.29 is 4.79 Å². The Bertz CT molecular complexity index is 642. The van der Waals surface area contributed by atoms with E-state index in [0.717, 1.165) is 24.7 Å². The predicted octanol–water partition coefficient (Wildman–Crippen LogP) is 1.10. The minimum absolute atomic E-state index is 0.161. The maximum atomic E-state index is 12.7. The van der Waals surface area contributed by atoms with Crippen LogP contribution in [0.4, 0.5) is 5.95 Å². The van der Waals surface area contributed by atoms with Gasteiger partial charge in [0.25, 0.3) is 0 Å². The minimum atomic E-state index is -0.161. The van der Waals surface area contributed by atoms with E-state index in [9.17, 15) is 4.79 Å². The van der Waals surface area contributed by atoms with Gasteiger partial charge in [0.1, 0.15) is 0 Å². The molecular formula is C16H22N6OS. The Morgan fingerprint density at radius 3 is 2.58 bits per heavy atom. The first-order valence-corrected chi connectivity index (χ1v) is 8.97. The Kier molecular flexibility index (Phi) is 5.37. The average molecular weight is 346 g/mol. The van der Waals surface area contributed by atoms with Crippen molar-refractivity contribution in [3.8, 4) is 0 Å². The molecule has 1 aliphatic rings. The molecule has 2 aromatic heterocycles. The van der Waals surface area contributed by atoms with E-state index in [1.54, 1.807) is 23.7 Å². The number of aromatic nitrogens is 3. The number of carbonyl (C=O) groups excluding carboxylic acids is 1. The van der Waals surface area contributed by atoms with Crippen LogP contribution in [0.15, 0.2) is 29.4 Å². The maximum Gasteiger partial charge on any atom is 0.239 e. The van der Waals surface area contributed by atoms with Gasteiger partial charge in [-0.05, 0) is 20.0 Å². The molecule has 1 aliphatic heterocycles. The SMILES string of the molecule is C[C@@H](C(=O)N1CCN(c2ncccn2)CC1)N(C)Cc1cscn1. The highest BCUT2D eigenvalue weighted by Crippen LogP contribution is 2.13. The van der Waals surface area contributed by atoms with Gasteiger partial charge in [-0.2, -0.15) is 0 Å². The summed E-state index contributed by atoms with van der Waals surface area (Å²) in [6, 6.07) is 1.65. The van der Waals surface area contributed by atoms with Gasteiger partial charge >= 0.3 is 0 Å². The van der Waals surface area contributed by atoms with E-state index in [1.165, 1.54) is 0 Å². The summed E-state index contributed by atoms with van der Waals surface area (Å²) in [5.41, 5.74) is 2.83. The highest BCUT2D eigenvalue weighted by Gasteiger charge is 2.27. The summed E-state index contributed by atoms with van der Waals surface area (Å²) in [5, 5.41) is 2.02. The lowest BCUT2D eigenvalue weighted by atomic mass is 10.2. The van der Waals surface area contributed by atoms with E-state index in [1.807, 2.05) is 40.7 Å². The van der Waals surface area contributed by atoms with Crippen LogP contribution < -0.4 is 4.90 Å². The Balaban J connectivity index is 1.52. The van der Waals surface area contributed by atoms with Crippen molar-refractivity contribution in [3.05, 3.63) is 35.0 Å². The number of likely N-dealkylation sites (N-methyl/N-ethyl adjacent to an activating group) is 1. The van der Waals surface area contributed by atoms with Crippen LogP contribution in [0.5, 0.6) is 0 Å². The zero-order valence-electron chi connectivity index (χ0n) is 14.0. The monoisotopic (exact) mass is 346 g/mol. The lowest BCUT2D eigenvalue weighted by Gasteiger charge is -2.37. The van der Waals surface area contributed by atoms with Crippen molar-refractivity contribution in [1.82, 2.24) is 24.8 Å². The smallest absolute Gasteiger partial charge is 0.239 e. The van der Waals surface area contributed by atoms with Crippen molar-refractivity contribution in [2.24, 2.45) is 0 Å². The van der Waals surface area contributed by atoms with E-state index < -0.39 is 0 Å². The van der Waals surface area contributed by atoms with Crippen molar-refractivity contribution >= 4 is 23.2 Å². The first-order valence-electron chi connectivity index (χ1n) is 8.03. The van der Waals surface area contributed by atoms with E-state index in [0.29, 0.717) is 19.6 Å². The lowest BCUT2D eigenvalue weighted by molar-refractivity contribution is -0.136. The summed E-state index contributed by atoms with van der Waals surface area (Å²) in [5.74, 6) is 0.902. The molecule has 0 aromatic carbocycles. The fourth-order valence-corrected chi connectivity index (χ4v) is 3.29. The Labute approximate surface area is 146 Å². The quantitative estimate of drug-likeness (QED) is 0.808. The summed E-state index contributed by atoms with van der Waals surface area (Å²) >= 11 is 1.58. The molecule has 1 atom stereocenters. The average Bonchev–Trinajstić information content (AvgIpc) is 3.14. The zero-order valence-corrected chi connectivity index (χ0v) is 14.8. The molecule has 0 N–H and O–H groups in total. The van der Waals surface area contributed by atoms with Gasteiger partial charge in [-0.15, -0.1) is 11.3 Å². The lowest BCUT2D eigenvalue weighted by Crippen LogP contribution is -2.53. The molecule has 8 heteroatoms. The molecule has 0 saturated carbocycles. The molecule has 1 amide bonds. The molecule has 3 rings (SSSR count). The predicted molar refractivity (Wildman–Crippen MR) is 93.9 cm³/mol. The van der Waals surface area contributed by atoms with E-state index in [-0.39, 0.29) is 11.9 Å². The zero-order chi connectivity index (χ0) is 16.9. The van der Waals surface area contributed by atoms with Crippen molar-refractivity contribution in [3.63, 3.8) is 0 Å². The standard InChI is InChI=1S/C16H22N6OS/c1-13(20(2)10-14-11-24-12-19-14)15(23)21-6-8-22(9-7-21)16-17-4-3-5-18-16/h3-5,11-13H,6-10H2,1-2H3/t13-/m0/s1. The second-order valence-corrected chi connectivity index (χ2v) is 6.65. The van der Waals surface area contributed by atoms with Crippen LogP contribution in [0.25, 0.3) is 0 Å². The van der Waals surface area contributed by atoms with Crippen LogP contribution in [-0.4, -0.2) is 69.9 Å². The number of carbonyl (C=O) groups is 1. The van der Waals surface area contributed by atoms with Gasteiger partial charge in [0, 0.05) is 50.5 Å². The van der Waals surface area contributed by atoms with Crippen LogP contribution in [0.2, 0.25) is 0 Å². The number of rotatable bonds is 5. The number of nitrogens with zero attached hydrogens (tertiary/aromatic N) is 6. The molecule has 0 unspecified atom stereocenters. The molecule has 1 saturated heterocycles. The van der Waals surface area contributed by atoms with Crippen molar-refractivity contribution in [1.29, 1.82) is 0 Å². The van der Waals surface area contributed by atoms with E-state index in [2.05, 4.69) is 19.9 Å². The molecule has 128 valence electrons. The fourth-order valence-electron chi connectivity index (χ4n) is 2.74. The van der Waals surface area contributed by atoms with Crippen molar-refractivity contribution in [2.75, 3.05) is 38.1 Å². The largest absolute Gasteiger partial charge is 0.338 e. The van der Waals surface area contributed by atoms with Gasteiger partial charge in [-0.3, -0.25) is 9.69 Å². The molecule has 0 spiro atoms. The summed E-state index contributed by atoms with van der Waals surface area (Å²) in [6.45, 7) is 5.57. The van der Waals surface area contributed by atoms with Gasteiger partial charge in [0.2, 0.25) is 11.9 Å². The Morgan fingerprint density at radius 1 is 1.25 bits per heavy atom. The van der Waals surface area contributed by atoms with E-state index >= 15 is 0 Å².